The summed E-state index contributed by atoms with van der Waals surface area (Å²) in [5.74, 6) is 0.112. The second-order valence-electron chi connectivity index (χ2n) is 3.33. The fraction of sp³-hybridized carbons (Fsp3) is 0.300. The van der Waals surface area contributed by atoms with Gasteiger partial charge in [-0.2, -0.15) is 0 Å². The minimum Gasteiger partial charge on any atom is -0.300 e. The van der Waals surface area contributed by atoms with Crippen LogP contribution in [-0.2, 0) is 10.1 Å². The molecule has 0 aromatic heterocycles. The van der Waals surface area contributed by atoms with Crippen LogP contribution in [-0.4, -0.2) is 5.91 Å². The molecule has 1 heterocycles. The summed E-state index contributed by atoms with van der Waals surface area (Å²) in [7, 11) is 0. The third-order valence-corrected chi connectivity index (χ3v) is 4.64. The maximum atomic E-state index is 11.1. The number of benzene rings is 1. The number of halogens is 2. The normalized spacial score (nSPS) is 20.4. The number of rotatable bonds is 2. The van der Waals surface area contributed by atoms with E-state index in [0.717, 1.165) is 9.80 Å². The highest BCUT2D eigenvalue weighted by atomic mass is 79.9. The van der Waals surface area contributed by atoms with Gasteiger partial charge in [-0.05, 0) is 29.1 Å². The van der Waals surface area contributed by atoms with Crippen molar-refractivity contribution in [3.8, 4) is 0 Å². The van der Waals surface area contributed by atoms with E-state index < -0.39 is 0 Å². The Kier molecular flexibility index (Phi) is 3.74. The molecule has 1 atom stereocenters. The molecule has 0 bridgehead atoms. The van der Waals surface area contributed by atoms with Crippen molar-refractivity contribution in [3.63, 3.8) is 0 Å². The first kappa shape index (κ1) is 11.5. The van der Waals surface area contributed by atoms with Crippen LogP contribution in [0.2, 0.25) is 0 Å². The smallest absolute Gasteiger partial charge is 0.231 e. The van der Waals surface area contributed by atoms with E-state index in [2.05, 4.69) is 54.8 Å². The van der Waals surface area contributed by atoms with Crippen molar-refractivity contribution in [2.24, 2.45) is 0 Å². The highest BCUT2D eigenvalue weighted by Gasteiger charge is 2.25. The Bertz CT molecular complexity index is 397. The van der Waals surface area contributed by atoms with Crippen molar-refractivity contribution in [1.82, 2.24) is 4.72 Å². The van der Waals surface area contributed by atoms with Crippen LogP contribution in [0.15, 0.2) is 22.7 Å². The van der Waals surface area contributed by atoms with Gasteiger partial charge in [-0.1, -0.05) is 44.0 Å². The third kappa shape index (κ3) is 2.57. The number of amides is 1. The quantitative estimate of drug-likeness (QED) is 0.652. The second-order valence-corrected chi connectivity index (χ2v) is 5.75. The van der Waals surface area contributed by atoms with Crippen LogP contribution < -0.4 is 4.72 Å². The van der Waals surface area contributed by atoms with E-state index in [1.165, 1.54) is 23.1 Å². The van der Waals surface area contributed by atoms with Crippen LogP contribution in [0.25, 0.3) is 0 Å². The summed E-state index contributed by atoms with van der Waals surface area (Å²) in [6, 6.07) is 6.25. The van der Waals surface area contributed by atoms with Gasteiger partial charge >= 0.3 is 0 Å². The molecule has 5 heteroatoms. The second kappa shape index (κ2) is 4.89. The molecule has 0 saturated carbocycles. The van der Waals surface area contributed by atoms with Gasteiger partial charge in [-0.25, -0.2) is 0 Å². The lowest BCUT2D eigenvalue weighted by atomic mass is 10.1. The molecule has 0 radical (unpaired) electrons. The van der Waals surface area contributed by atoms with E-state index in [0.29, 0.717) is 6.42 Å². The predicted molar refractivity (Wildman–Crippen MR) is 69.9 cm³/mol. The summed E-state index contributed by atoms with van der Waals surface area (Å²) in [5.41, 5.74) is 2.41. The first-order valence-corrected chi connectivity index (χ1v) is 7.29. The van der Waals surface area contributed by atoms with E-state index in [1.54, 1.807) is 0 Å². The molecule has 1 aromatic carbocycles. The van der Waals surface area contributed by atoms with Gasteiger partial charge in [-0.3, -0.25) is 9.52 Å². The largest absolute Gasteiger partial charge is 0.300 e. The van der Waals surface area contributed by atoms with Crippen LogP contribution in [0.1, 0.15) is 22.8 Å². The summed E-state index contributed by atoms with van der Waals surface area (Å²) in [5, 5.41) is 1.08. The Balaban J connectivity index is 2.25. The molecule has 1 N–H and O–H groups in total. The summed E-state index contributed by atoms with van der Waals surface area (Å²) in [6.45, 7) is 0. The molecule has 0 aliphatic carbocycles. The molecular weight excluding hydrogens is 342 g/mol. The van der Waals surface area contributed by atoms with Crippen LogP contribution in [0, 0.1) is 0 Å². The molecule has 1 unspecified atom stereocenters. The zero-order valence-corrected chi connectivity index (χ0v) is 11.8. The van der Waals surface area contributed by atoms with Crippen LogP contribution in [0.4, 0.5) is 0 Å². The standard InChI is InChI=1S/C10H9Br2NOS/c11-5-6-1-2-7(8(12)3-6)9-4-10(14)13-15-9/h1-3,9H,4-5H2,(H,13,14). The van der Waals surface area contributed by atoms with Crippen molar-refractivity contribution in [1.29, 1.82) is 0 Å². The van der Waals surface area contributed by atoms with Crippen molar-refractivity contribution >= 4 is 49.7 Å². The predicted octanol–water partition coefficient (Wildman–Crippen LogP) is 3.55. The first-order chi connectivity index (χ1) is 7.20. The molecule has 1 aliphatic rings. The van der Waals surface area contributed by atoms with Crippen LogP contribution >= 0.6 is 43.8 Å². The molecular formula is C10H9Br2NOS. The van der Waals surface area contributed by atoms with Gasteiger partial charge < -0.3 is 0 Å². The van der Waals surface area contributed by atoms with Gasteiger partial charge in [0.15, 0.2) is 0 Å². The van der Waals surface area contributed by atoms with Crippen molar-refractivity contribution in [2.75, 3.05) is 0 Å². The number of carbonyl (C=O) groups is 1. The maximum Gasteiger partial charge on any atom is 0.231 e. The number of hydrogen-bond donors (Lipinski definition) is 1. The molecule has 1 amide bonds. The SMILES string of the molecule is O=C1CC(c2ccc(CBr)cc2Br)SN1. The van der Waals surface area contributed by atoms with Gasteiger partial charge in [0.2, 0.25) is 5.91 Å². The highest BCUT2D eigenvalue weighted by molar-refractivity contribution is 9.10. The minimum absolute atomic E-state index is 0.112. The highest BCUT2D eigenvalue weighted by Crippen LogP contribution is 2.38. The average Bonchev–Trinajstić information content (AvgIpc) is 2.64. The van der Waals surface area contributed by atoms with Gasteiger partial charge in [0.25, 0.3) is 0 Å². The lowest BCUT2D eigenvalue weighted by Crippen LogP contribution is -2.05. The van der Waals surface area contributed by atoms with Crippen molar-refractivity contribution in [2.45, 2.75) is 17.0 Å². The molecule has 2 rings (SSSR count). The number of nitrogens with one attached hydrogen (secondary N) is 1. The lowest BCUT2D eigenvalue weighted by molar-refractivity contribution is -0.118. The monoisotopic (exact) mass is 349 g/mol. The molecule has 1 fully saturated rings. The Hall–Kier alpha value is -0.000000000000000167. The average molecular weight is 351 g/mol. The summed E-state index contributed by atoms with van der Waals surface area (Å²) >= 11 is 8.45. The van der Waals surface area contributed by atoms with E-state index >= 15 is 0 Å². The van der Waals surface area contributed by atoms with Gasteiger partial charge in [0.1, 0.15) is 0 Å². The first-order valence-electron chi connectivity index (χ1n) is 4.49. The zero-order valence-electron chi connectivity index (χ0n) is 7.80. The lowest BCUT2D eigenvalue weighted by Gasteiger charge is -2.10. The van der Waals surface area contributed by atoms with Crippen LogP contribution in [0.5, 0.6) is 0 Å². The molecule has 1 saturated heterocycles. The van der Waals surface area contributed by atoms with E-state index in [1.807, 2.05) is 0 Å². The summed E-state index contributed by atoms with van der Waals surface area (Å²) in [6.07, 6.45) is 0.566. The van der Waals surface area contributed by atoms with Crippen molar-refractivity contribution < 1.29 is 4.79 Å². The molecule has 2 nitrogen and oxygen atoms in total. The number of alkyl halides is 1. The molecule has 1 aromatic rings. The van der Waals surface area contributed by atoms with E-state index in [9.17, 15) is 4.79 Å². The minimum atomic E-state index is 0.112. The topological polar surface area (TPSA) is 29.1 Å². The molecule has 80 valence electrons. The van der Waals surface area contributed by atoms with Crippen molar-refractivity contribution in [3.05, 3.63) is 33.8 Å². The Morgan fingerprint density at radius 2 is 2.33 bits per heavy atom. The molecule has 1 aliphatic heterocycles. The van der Waals surface area contributed by atoms with Gasteiger partial charge in [0, 0.05) is 16.2 Å². The summed E-state index contributed by atoms with van der Waals surface area (Å²) in [4.78, 5) is 11.1. The molecule has 15 heavy (non-hydrogen) atoms. The number of carbonyl (C=O) groups excluding carboxylic acids is 1. The fourth-order valence-electron chi connectivity index (χ4n) is 1.48. The van der Waals surface area contributed by atoms with E-state index in [4.69, 9.17) is 0 Å². The number of hydrogen-bond acceptors (Lipinski definition) is 2. The van der Waals surface area contributed by atoms with E-state index in [-0.39, 0.29) is 11.2 Å². The Labute approximate surface area is 110 Å². The Morgan fingerprint density at radius 3 is 2.87 bits per heavy atom. The fourth-order valence-corrected chi connectivity index (χ4v) is 3.60. The third-order valence-electron chi connectivity index (χ3n) is 2.25. The maximum absolute atomic E-state index is 11.1. The Morgan fingerprint density at radius 1 is 1.53 bits per heavy atom. The molecule has 0 spiro atoms. The van der Waals surface area contributed by atoms with Crippen LogP contribution in [0.3, 0.4) is 0 Å². The summed E-state index contributed by atoms with van der Waals surface area (Å²) < 4.78 is 3.85. The van der Waals surface area contributed by atoms with Gasteiger partial charge in [-0.15, -0.1) is 0 Å². The zero-order chi connectivity index (χ0) is 10.8. The van der Waals surface area contributed by atoms with Gasteiger partial charge in [0.05, 0.1) is 5.25 Å².